The molecule has 3 nitrogen and oxygen atoms in total. The normalized spacial score (nSPS) is 13.3. The number of aromatic nitrogens is 2. The van der Waals surface area contributed by atoms with E-state index in [1.165, 1.54) is 5.56 Å². The monoisotopic (exact) mass is 386 g/mol. The maximum Gasteiger partial charge on any atom is 0.118 e. The molecule has 2 aromatic carbocycles. The Balaban J connectivity index is 1.80. The van der Waals surface area contributed by atoms with E-state index in [0.29, 0.717) is 0 Å². The van der Waals surface area contributed by atoms with Gasteiger partial charge in [-0.25, -0.2) is 4.98 Å². The molecular weight excluding hydrogens is 364 g/mol. The maximum atomic E-state index is 6.42. The highest BCUT2D eigenvalue weighted by Crippen LogP contribution is 2.41. The fourth-order valence-corrected chi connectivity index (χ4v) is 4.45. The molecular formula is C21H23ClN2OS. The minimum absolute atomic E-state index is 0.00382. The van der Waals surface area contributed by atoms with Gasteiger partial charge in [-0.2, -0.15) is 0 Å². The summed E-state index contributed by atoms with van der Waals surface area (Å²) in [6.45, 7) is 3.23. The van der Waals surface area contributed by atoms with Gasteiger partial charge < -0.3 is 9.30 Å². The van der Waals surface area contributed by atoms with Crippen LogP contribution in [0.3, 0.4) is 0 Å². The lowest BCUT2D eigenvalue weighted by Crippen LogP contribution is -2.25. The zero-order valence-corrected chi connectivity index (χ0v) is 16.6. The average molecular weight is 387 g/mol. The molecule has 0 N–H and O–H groups in total. The van der Waals surface area contributed by atoms with Crippen molar-refractivity contribution in [2.24, 2.45) is 0 Å². The van der Waals surface area contributed by atoms with Crippen molar-refractivity contribution >= 4 is 23.4 Å². The van der Waals surface area contributed by atoms with Crippen LogP contribution >= 0.6 is 23.4 Å². The molecule has 1 heterocycles. The molecule has 0 amide bonds. The van der Waals surface area contributed by atoms with Crippen LogP contribution in [-0.4, -0.2) is 21.4 Å². The van der Waals surface area contributed by atoms with E-state index in [0.717, 1.165) is 35.1 Å². The van der Waals surface area contributed by atoms with Crippen molar-refractivity contribution in [2.45, 2.75) is 36.0 Å². The smallest absolute Gasteiger partial charge is 0.118 e. The van der Waals surface area contributed by atoms with E-state index >= 15 is 0 Å². The van der Waals surface area contributed by atoms with Crippen LogP contribution in [0.4, 0.5) is 0 Å². The molecule has 1 aromatic heterocycles. The van der Waals surface area contributed by atoms with E-state index in [1.54, 1.807) is 7.11 Å². The topological polar surface area (TPSA) is 27.1 Å². The molecule has 5 heteroatoms. The summed E-state index contributed by atoms with van der Waals surface area (Å²) in [5.74, 6) is 0.882. The largest absolute Gasteiger partial charge is 0.497 e. The number of benzene rings is 2. The van der Waals surface area contributed by atoms with Crippen LogP contribution in [0, 0.1) is 0 Å². The van der Waals surface area contributed by atoms with Gasteiger partial charge in [-0.05, 0) is 49.6 Å². The van der Waals surface area contributed by atoms with E-state index in [-0.39, 0.29) is 4.75 Å². The van der Waals surface area contributed by atoms with Crippen LogP contribution in [0.5, 0.6) is 5.75 Å². The summed E-state index contributed by atoms with van der Waals surface area (Å²) in [6, 6.07) is 16.4. The first-order valence-corrected chi connectivity index (χ1v) is 9.80. The molecule has 3 aromatic rings. The third-order valence-corrected chi connectivity index (χ3v) is 6.25. The van der Waals surface area contributed by atoms with E-state index in [4.69, 9.17) is 16.3 Å². The number of hydrogen-bond donors (Lipinski definition) is 0. The Hall–Kier alpha value is -1.91. The molecule has 0 aliphatic carbocycles. The highest BCUT2D eigenvalue weighted by atomic mass is 35.5. The van der Waals surface area contributed by atoms with E-state index in [9.17, 15) is 0 Å². The zero-order chi connectivity index (χ0) is 18.4. The van der Waals surface area contributed by atoms with Crippen LogP contribution in [-0.2, 0) is 13.0 Å². The van der Waals surface area contributed by atoms with Gasteiger partial charge in [0.05, 0.1) is 18.5 Å². The van der Waals surface area contributed by atoms with Gasteiger partial charge in [0, 0.05) is 28.6 Å². The lowest BCUT2D eigenvalue weighted by molar-refractivity contribution is 0.414. The van der Waals surface area contributed by atoms with Crippen LogP contribution in [0.25, 0.3) is 0 Å². The molecule has 136 valence electrons. The zero-order valence-electron chi connectivity index (χ0n) is 15.1. The highest BCUT2D eigenvalue weighted by Gasteiger charge is 2.27. The number of ether oxygens (including phenoxy) is 1. The van der Waals surface area contributed by atoms with Gasteiger partial charge in [-0.3, -0.25) is 0 Å². The number of hydrogen-bond acceptors (Lipinski definition) is 3. The summed E-state index contributed by atoms with van der Waals surface area (Å²) < 4.78 is 7.40. The Kier molecular flexibility index (Phi) is 6.28. The molecule has 0 bridgehead atoms. The minimum Gasteiger partial charge on any atom is -0.497 e. The number of aryl methyl sites for hydroxylation is 1. The van der Waals surface area contributed by atoms with Crippen LogP contribution in [0.15, 0.2) is 72.1 Å². The lowest BCUT2D eigenvalue weighted by Gasteiger charge is -2.30. The van der Waals surface area contributed by atoms with Gasteiger partial charge in [0.2, 0.25) is 0 Å². The summed E-state index contributed by atoms with van der Waals surface area (Å²) >= 11 is 8.27. The summed E-state index contributed by atoms with van der Waals surface area (Å²) in [4.78, 5) is 5.27. The molecule has 0 aliphatic heterocycles. The van der Waals surface area contributed by atoms with Crippen molar-refractivity contribution in [1.82, 2.24) is 9.55 Å². The highest BCUT2D eigenvalue weighted by molar-refractivity contribution is 8.00. The molecule has 0 saturated carbocycles. The van der Waals surface area contributed by atoms with Crippen molar-refractivity contribution in [3.05, 3.63) is 77.8 Å². The molecule has 1 unspecified atom stereocenters. The Labute approximate surface area is 164 Å². The molecule has 3 rings (SSSR count). The van der Waals surface area contributed by atoms with Gasteiger partial charge in [0.25, 0.3) is 0 Å². The molecule has 0 fully saturated rings. The molecule has 0 saturated heterocycles. The van der Waals surface area contributed by atoms with Crippen molar-refractivity contribution in [3.63, 3.8) is 0 Å². The van der Waals surface area contributed by atoms with Crippen molar-refractivity contribution in [2.75, 3.05) is 7.11 Å². The molecule has 0 radical (unpaired) electrons. The Morgan fingerprint density at radius 2 is 1.92 bits per heavy atom. The Morgan fingerprint density at radius 3 is 2.58 bits per heavy atom. The van der Waals surface area contributed by atoms with Gasteiger partial charge in [0.1, 0.15) is 5.75 Å². The number of rotatable bonds is 8. The maximum absolute atomic E-state index is 6.42. The first kappa shape index (κ1) is 18.9. The second-order valence-corrected chi connectivity index (χ2v) is 8.59. The third-order valence-electron chi connectivity index (χ3n) is 4.39. The molecule has 0 aliphatic rings. The summed E-state index contributed by atoms with van der Waals surface area (Å²) in [5, 5.41) is 0.807. The number of methoxy groups -OCH3 is 1. The quantitative estimate of drug-likeness (QED) is 0.462. The molecule has 0 spiro atoms. The van der Waals surface area contributed by atoms with E-state index < -0.39 is 0 Å². The first-order valence-electron chi connectivity index (χ1n) is 8.60. The predicted octanol–water partition coefficient (Wildman–Crippen LogP) is 5.73. The second kappa shape index (κ2) is 8.65. The van der Waals surface area contributed by atoms with Crippen molar-refractivity contribution in [3.8, 4) is 5.75 Å². The standard InChI is InChI=1S/C21H23ClN2OS/c1-21(11-13-24-14-12-23-16-24,26-20-6-4-3-5-19(20)22)15-17-7-9-18(25-2)10-8-17/h3-10,12,14,16H,11,13,15H2,1-2H3. The number of nitrogens with zero attached hydrogens (tertiary/aromatic N) is 2. The molecule has 1 atom stereocenters. The fourth-order valence-electron chi connectivity index (χ4n) is 2.93. The Morgan fingerprint density at radius 1 is 1.15 bits per heavy atom. The Bertz CT molecular complexity index is 820. The number of imidazole rings is 1. The van der Waals surface area contributed by atoms with Crippen molar-refractivity contribution < 1.29 is 4.74 Å². The summed E-state index contributed by atoms with van der Waals surface area (Å²) in [7, 11) is 1.69. The number of halogens is 1. The number of thioether (sulfide) groups is 1. The fraction of sp³-hybridized carbons (Fsp3) is 0.286. The van der Waals surface area contributed by atoms with E-state index in [2.05, 4.69) is 34.7 Å². The van der Waals surface area contributed by atoms with Crippen LogP contribution in [0.2, 0.25) is 5.02 Å². The van der Waals surface area contributed by atoms with Gasteiger partial charge in [-0.15, -0.1) is 11.8 Å². The van der Waals surface area contributed by atoms with Crippen molar-refractivity contribution in [1.29, 1.82) is 0 Å². The first-order chi connectivity index (χ1) is 12.6. The second-order valence-electron chi connectivity index (χ2n) is 6.56. The predicted molar refractivity (Wildman–Crippen MR) is 109 cm³/mol. The SMILES string of the molecule is COc1ccc(CC(C)(CCn2ccnc2)Sc2ccccc2Cl)cc1. The lowest BCUT2D eigenvalue weighted by atomic mass is 9.97. The van der Waals surface area contributed by atoms with Gasteiger partial charge >= 0.3 is 0 Å². The van der Waals surface area contributed by atoms with E-state index in [1.807, 2.05) is 60.8 Å². The molecule has 26 heavy (non-hydrogen) atoms. The van der Waals surface area contributed by atoms with Crippen LogP contribution in [0.1, 0.15) is 18.9 Å². The van der Waals surface area contributed by atoms with Crippen LogP contribution < -0.4 is 4.74 Å². The minimum atomic E-state index is 0.00382. The van der Waals surface area contributed by atoms with Gasteiger partial charge in [-0.1, -0.05) is 35.9 Å². The summed E-state index contributed by atoms with van der Waals surface area (Å²) in [6.07, 6.45) is 7.65. The summed E-state index contributed by atoms with van der Waals surface area (Å²) in [5.41, 5.74) is 1.29. The third kappa shape index (κ3) is 5.05. The van der Waals surface area contributed by atoms with Gasteiger partial charge in [0.15, 0.2) is 0 Å². The average Bonchev–Trinajstić information content (AvgIpc) is 3.16.